The van der Waals surface area contributed by atoms with Crippen LogP contribution in [0.1, 0.15) is 59.9 Å². The van der Waals surface area contributed by atoms with Crippen molar-refractivity contribution in [2.24, 2.45) is 5.92 Å². The van der Waals surface area contributed by atoms with Gasteiger partial charge in [0.05, 0.1) is 25.1 Å². The van der Waals surface area contributed by atoms with Gasteiger partial charge in [-0.25, -0.2) is 14.3 Å². The third-order valence-electron chi connectivity index (χ3n) is 7.15. The number of hydrogen-bond acceptors (Lipinski definition) is 6. The van der Waals surface area contributed by atoms with Crippen LogP contribution >= 0.6 is 11.6 Å². The number of hydrogen-bond donors (Lipinski definition) is 1. The quantitative estimate of drug-likeness (QED) is 0.427. The Bertz CT molecular complexity index is 1460. The van der Waals surface area contributed by atoms with Gasteiger partial charge in [0.15, 0.2) is 5.82 Å². The molecule has 1 aliphatic rings. The Morgan fingerprint density at radius 2 is 1.95 bits per heavy atom. The zero-order valence-electron chi connectivity index (χ0n) is 22.1. The number of imide groups is 1. The molecule has 0 saturated heterocycles. The van der Waals surface area contributed by atoms with Crippen LogP contribution in [0.25, 0.3) is 0 Å². The summed E-state index contributed by atoms with van der Waals surface area (Å²) in [7, 11) is 1.52. The Kier molecular flexibility index (Phi) is 8.54. The minimum absolute atomic E-state index is 0.00274. The normalized spacial score (nSPS) is 15.9. The third-order valence-corrected chi connectivity index (χ3v) is 7.38. The lowest BCUT2D eigenvalue weighted by molar-refractivity contribution is -0.148. The number of benzene rings is 2. The van der Waals surface area contributed by atoms with E-state index < -0.39 is 23.7 Å². The molecule has 2 atom stereocenters. The van der Waals surface area contributed by atoms with Crippen LogP contribution in [0.3, 0.4) is 0 Å². The highest BCUT2D eigenvalue weighted by Crippen LogP contribution is 2.30. The lowest BCUT2D eigenvalue weighted by atomic mass is 9.91. The SMILES string of the molecule is CC[C@@H](CC(=O)N1Cc2nn(CC)c(=O)n2CC(Cc2cc(Cl)ccc2OC)C1=O)c1cccc(C(=O)O)c1. The number of methoxy groups -OCH3 is 1. The number of rotatable bonds is 9. The molecule has 0 aliphatic carbocycles. The average Bonchev–Trinajstić information content (AvgIpc) is 3.15. The number of amides is 2. The molecule has 1 aromatic heterocycles. The van der Waals surface area contributed by atoms with Crippen LogP contribution in [0, 0.1) is 5.92 Å². The van der Waals surface area contributed by atoms with Gasteiger partial charge in [0.1, 0.15) is 5.75 Å². The van der Waals surface area contributed by atoms with Gasteiger partial charge in [-0.3, -0.25) is 19.1 Å². The maximum Gasteiger partial charge on any atom is 0.345 e. The molecular weight excluding hydrogens is 524 g/mol. The van der Waals surface area contributed by atoms with Gasteiger partial charge in [-0.15, -0.1) is 0 Å². The van der Waals surface area contributed by atoms with Crippen LogP contribution in [0.15, 0.2) is 47.3 Å². The molecule has 2 aromatic carbocycles. The fraction of sp³-hybridized carbons (Fsp3) is 0.393. The Morgan fingerprint density at radius 1 is 1.18 bits per heavy atom. The lowest BCUT2D eigenvalue weighted by Crippen LogP contribution is -2.41. The van der Waals surface area contributed by atoms with Crippen LogP contribution in [-0.4, -0.2) is 49.2 Å². The van der Waals surface area contributed by atoms with Gasteiger partial charge in [0, 0.05) is 24.5 Å². The molecule has 2 amide bonds. The van der Waals surface area contributed by atoms with E-state index in [-0.39, 0.29) is 43.1 Å². The first-order chi connectivity index (χ1) is 18.7. The standard InChI is InChI=1S/C28H31ClN4O6/c1-4-17(18-7-6-8-19(11-18)27(36)37)14-25(34)32-16-24-30-33(5-2)28(38)31(24)15-21(26(32)35)12-20-13-22(29)9-10-23(20)39-3/h6-11,13,17,21H,4-5,12,14-16H2,1-3H3,(H,36,37)/t17-,21?/m0/s1. The number of carbonyl (C=O) groups excluding carboxylic acids is 2. The van der Waals surface area contributed by atoms with E-state index in [0.717, 1.165) is 0 Å². The molecule has 0 radical (unpaired) electrons. The summed E-state index contributed by atoms with van der Waals surface area (Å²) in [5.74, 6) is -2.03. The molecule has 1 N–H and O–H groups in total. The van der Waals surface area contributed by atoms with Crippen molar-refractivity contribution in [3.63, 3.8) is 0 Å². The van der Waals surface area contributed by atoms with Gasteiger partial charge >= 0.3 is 11.7 Å². The number of halogens is 1. The van der Waals surface area contributed by atoms with Crippen molar-refractivity contribution < 1.29 is 24.2 Å². The van der Waals surface area contributed by atoms with Crippen molar-refractivity contribution in [3.8, 4) is 5.75 Å². The zero-order valence-corrected chi connectivity index (χ0v) is 22.8. The molecule has 10 nitrogen and oxygen atoms in total. The number of aromatic carboxylic acids is 1. The largest absolute Gasteiger partial charge is 0.496 e. The number of carbonyl (C=O) groups is 3. The second-order valence-corrected chi connectivity index (χ2v) is 9.98. The van der Waals surface area contributed by atoms with E-state index in [1.54, 1.807) is 43.3 Å². The summed E-state index contributed by atoms with van der Waals surface area (Å²) in [6, 6.07) is 11.6. The molecule has 0 saturated carbocycles. The van der Waals surface area contributed by atoms with Crippen molar-refractivity contribution in [2.75, 3.05) is 7.11 Å². The summed E-state index contributed by atoms with van der Waals surface area (Å²) in [4.78, 5) is 53.2. The van der Waals surface area contributed by atoms with Crippen LogP contribution in [-0.2, 0) is 35.6 Å². The predicted molar refractivity (Wildman–Crippen MR) is 144 cm³/mol. The molecule has 206 valence electrons. The highest BCUT2D eigenvalue weighted by atomic mass is 35.5. The fourth-order valence-electron chi connectivity index (χ4n) is 5.01. The topological polar surface area (TPSA) is 124 Å². The number of nitrogens with zero attached hydrogens (tertiary/aromatic N) is 4. The van der Waals surface area contributed by atoms with Crippen molar-refractivity contribution >= 4 is 29.4 Å². The highest BCUT2D eigenvalue weighted by Gasteiger charge is 2.36. The Hall–Kier alpha value is -3.92. The van der Waals surface area contributed by atoms with Crippen molar-refractivity contribution in [1.29, 1.82) is 0 Å². The first-order valence-corrected chi connectivity index (χ1v) is 13.2. The maximum absolute atomic E-state index is 13.9. The monoisotopic (exact) mass is 554 g/mol. The van der Waals surface area contributed by atoms with Crippen molar-refractivity contribution in [1.82, 2.24) is 19.2 Å². The van der Waals surface area contributed by atoms with E-state index in [1.807, 2.05) is 6.92 Å². The van der Waals surface area contributed by atoms with Gasteiger partial charge < -0.3 is 9.84 Å². The number of carboxylic acid groups (broad SMARTS) is 1. The minimum Gasteiger partial charge on any atom is -0.496 e. The number of aryl methyl sites for hydroxylation is 1. The summed E-state index contributed by atoms with van der Waals surface area (Å²) < 4.78 is 8.24. The van der Waals surface area contributed by atoms with Crippen molar-refractivity contribution in [2.45, 2.75) is 58.7 Å². The minimum atomic E-state index is -1.05. The molecule has 0 bridgehead atoms. The number of carboxylic acids is 1. The van der Waals surface area contributed by atoms with Crippen LogP contribution < -0.4 is 10.4 Å². The highest BCUT2D eigenvalue weighted by molar-refractivity contribution is 6.30. The molecule has 0 fully saturated rings. The van der Waals surface area contributed by atoms with E-state index in [9.17, 15) is 24.3 Å². The smallest absolute Gasteiger partial charge is 0.345 e. The van der Waals surface area contributed by atoms with E-state index in [0.29, 0.717) is 40.7 Å². The Morgan fingerprint density at radius 3 is 2.62 bits per heavy atom. The van der Waals surface area contributed by atoms with Crippen LogP contribution in [0.4, 0.5) is 0 Å². The molecule has 3 aromatic rings. The summed E-state index contributed by atoms with van der Waals surface area (Å²) in [6.07, 6.45) is 0.764. The molecule has 1 unspecified atom stereocenters. The first-order valence-electron chi connectivity index (χ1n) is 12.8. The van der Waals surface area contributed by atoms with Gasteiger partial charge in [0.25, 0.3) is 0 Å². The molecular formula is C28H31ClN4O6. The number of fused-ring (bicyclic) bond motifs is 1. The maximum atomic E-state index is 13.9. The van der Waals surface area contributed by atoms with Crippen molar-refractivity contribution in [3.05, 3.63) is 80.5 Å². The van der Waals surface area contributed by atoms with Gasteiger partial charge in [-0.05, 0) is 67.1 Å². The summed E-state index contributed by atoms with van der Waals surface area (Å²) in [6.45, 7) is 3.99. The third kappa shape index (κ3) is 5.90. The van der Waals surface area contributed by atoms with Gasteiger partial charge in [-0.2, -0.15) is 5.10 Å². The molecule has 4 rings (SSSR count). The van der Waals surface area contributed by atoms with E-state index in [2.05, 4.69) is 5.10 Å². The summed E-state index contributed by atoms with van der Waals surface area (Å²) >= 11 is 6.22. The van der Waals surface area contributed by atoms with E-state index in [4.69, 9.17) is 16.3 Å². The Labute approximate surface area is 230 Å². The van der Waals surface area contributed by atoms with E-state index in [1.165, 1.54) is 27.3 Å². The molecule has 2 heterocycles. The summed E-state index contributed by atoms with van der Waals surface area (Å²) in [5.41, 5.74) is 1.19. The predicted octanol–water partition coefficient (Wildman–Crippen LogP) is 3.74. The second-order valence-electron chi connectivity index (χ2n) is 9.54. The average molecular weight is 555 g/mol. The number of aromatic nitrogens is 3. The zero-order chi connectivity index (χ0) is 28.3. The van der Waals surface area contributed by atoms with Gasteiger partial charge in [-0.1, -0.05) is 30.7 Å². The van der Waals surface area contributed by atoms with Gasteiger partial charge in [0.2, 0.25) is 11.8 Å². The molecule has 39 heavy (non-hydrogen) atoms. The number of ether oxygens (including phenoxy) is 1. The Balaban J connectivity index is 1.69. The molecule has 0 spiro atoms. The van der Waals surface area contributed by atoms with Crippen LogP contribution in [0.5, 0.6) is 5.75 Å². The first kappa shape index (κ1) is 28.1. The second kappa shape index (κ2) is 11.9. The van der Waals surface area contributed by atoms with Crippen LogP contribution in [0.2, 0.25) is 5.02 Å². The molecule has 1 aliphatic heterocycles. The fourth-order valence-corrected chi connectivity index (χ4v) is 5.20. The lowest BCUT2D eigenvalue weighted by Gasteiger charge is -2.25. The summed E-state index contributed by atoms with van der Waals surface area (Å²) in [5, 5.41) is 14.2. The van der Waals surface area contributed by atoms with E-state index >= 15 is 0 Å². The molecule has 11 heteroatoms.